The Kier molecular flexibility index (Phi) is 6.01. The number of hydrogen-bond acceptors (Lipinski definition) is 3. The number of amides is 1. The van der Waals surface area contributed by atoms with E-state index < -0.39 is 6.04 Å². The van der Waals surface area contributed by atoms with Gasteiger partial charge < -0.3 is 15.8 Å². The van der Waals surface area contributed by atoms with Crippen LogP contribution in [0.2, 0.25) is 0 Å². The van der Waals surface area contributed by atoms with Crippen LogP contribution in [0.1, 0.15) is 32.3 Å². The number of nitrogens with one attached hydrogen (secondary N) is 1. The number of hydrogen-bond donors (Lipinski definition) is 2. The van der Waals surface area contributed by atoms with Crippen LogP contribution in [0.25, 0.3) is 0 Å². The van der Waals surface area contributed by atoms with Crippen molar-refractivity contribution in [2.45, 2.75) is 38.1 Å². The Bertz CT molecular complexity index is 513. The fourth-order valence-electron chi connectivity index (χ4n) is 2.82. The van der Waals surface area contributed by atoms with Gasteiger partial charge in [-0.05, 0) is 36.5 Å². The third kappa shape index (κ3) is 4.09. The van der Waals surface area contributed by atoms with Crippen molar-refractivity contribution in [1.29, 1.82) is 0 Å². The van der Waals surface area contributed by atoms with Gasteiger partial charge in [0.05, 0.1) is 6.04 Å². The Morgan fingerprint density at radius 3 is 2.68 bits per heavy atom. The minimum Gasteiger partial charge on any atom is -0.381 e. The second-order valence-corrected chi connectivity index (χ2v) is 7.31. The minimum absolute atomic E-state index is 0.0733. The quantitative estimate of drug-likeness (QED) is 0.839. The van der Waals surface area contributed by atoms with Crippen molar-refractivity contribution in [3.05, 3.63) is 34.3 Å². The van der Waals surface area contributed by atoms with Gasteiger partial charge in [-0.2, -0.15) is 0 Å². The molecule has 1 aliphatic rings. The molecular formula is C17H25BrN2O2. The number of carbonyl (C=O) groups is 1. The lowest BCUT2D eigenvalue weighted by atomic mass is 9.74. The fourth-order valence-corrected chi connectivity index (χ4v) is 3.22. The zero-order valence-electron chi connectivity index (χ0n) is 13.3. The first-order valence-electron chi connectivity index (χ1n) is 7.82. The first-order valence-corrected chi connectivity index (χ1v) is 8.61. The van der Waals surface area contributed by atoms with E-state index in [1.807, 2.05) is 26.0 Å². The maximum absolute atomic E-state index is 12.2. The predicted molar refractivity (Wildman–Crippen MR) is 91.7 cm³/mol. The van der Waals surface area contributed by atoms with Gasteiger partial charge in [-0.3, -0.25) is 4.79 Å². The fraction of sp³-hybridized carbons (Fsp3) is 0.588. The monoisotopic (exact) mass is 368 g/mol. The Morgan fingerprint density at radius 2 is 2.09 bits per heavy atom. The summed E-state index contributed by atoms with van der Waals surface area (Å²) in [5, 5.41) is 3.06. The zero-order valence-corrected chi connectivity index (χ0v) is 14.9. The summed E-state index contributed by atoms with van der Waals surface area (Å²) >= 11 is 3.54. The summed E-state index contributed by atoms with van der Waals surface area (Å²) in [5.41, 5.74) is 7.10. The van der Waals surface area contributed by atoms with Crippen LogP contribution in [-0.4, -0.2) is 31.7 Å². The molecule has 1 aliphatic heterocycles. The Morgan fingerprint density at radius 1 is 1.41 bits per heavy atom. The highest BCUT2D eigenvalue weighted by Crippen LogP contribution is 2.35. The highest BCUT2D eigenvalue weighted by atomic mass is 79.9. The maximum Gasteiger partial charge on any atom is 0.237 e. The topological polar surface area (TPSA) is 64.4 Å². The summed E-state index contributed by atoms with van der Waals surface area (Å²) in [7, 11) is 0. The van der Waals surface area contributed by atoms with Gasteiger partial charge in [-0.15, -0.1) is 0 Å². The molecule has 122 valence electrons. The smallest absolute Gasteiger partial charge is 0.237 e. The standard InChI is InChI=1S/C17H25BrN2O2/c1-12(2)15(19)16(21)20-11-17(6-8-22-9-7-17)13-4-3-5-14(18)10-13/h3-5,10,12,15H,6-9,11,19H2,1-2H3,(H,20,21)/t15-/m0/s1. The van der Waals surface area contributed by atoms with Crippen LogP contribution in [0.3, 0.4) is 0 Å². The first-order chi connectivity index (χ1) is 10.4. The zero-order chi connectivity index (χ0) is 16.2. The summed E-state index contributed by atoms with van der Waals surface area (Å²) in [4.78, 5) is 12.2. The molecule has 5 heteroatoms. The average Bonchev–Trinajstić information content (AvgIpc) is 2.52. The predicted octanol–water partition coefficient (Wildman–Crippen LogP) is 2.60. The molecule has 0 saturated carbocycles. The van der Waals surface area contributed by atoms with E-state index in [0.717, 1.165) is 30.5 Å². The number of halogens is 1. The Hall–Kier alpha value is -0.910. The lowest BCUT2D eigenvalue weighted by molar-refractivity contribution is -0.123. The molecule has 0 aromatic heterocycles. The second-order valence-electron chi connectivity index (χ2n) is 6.39. The minimum atomic E-state index is -0.459. The van der Waals surface area contributed by atoms with Crippen LogP contribution in [-0.2, 0) is 14.9 Å². The van der Waals surface area contributed by atoms with Crippen molar-refractivity contribution in [3.8, 4) is 0 Å². The average molecular weight is 369 g/mol. The summed E-state index contributed by atoms with van der Waals surface area (Å²) in [6.45, 7) is 5.97. The molecule has 2 rings (SSSR count). The lowest BCUT2D eigenvalue weighted by Crippen LogP contribution is -2.50. The van der Waals surface area contributed by atoms with Crippen molar-refractivity contribution >= 4 is 21.8 Å². The molecule has 1 fully saturated rings. The maximum atomic E-state index is 12.2. The van der Waals surface area contributed by atoms with Crippen LogP contribution in [0.5, 0.6) is 0 Å². The highest BCUT2D eigenvalue weighted by Gasteiger charge is 2.35. The number of carbonyl (C=O) groups excluding carboxylic acids is 1. The summed E-state index contributed by atoms with van der Waals surface area (Å²) in [6, 6.07) is 7.87. The van der Waals surface area contributed by atoms with Gasteiger partial charge in [0.1, 0.15) is 0 Å². The van der Waals surface area contributed by atoms with E-state index in [1.165, 1.54) is 5.56 Å². The van der Waals surface area contributed by atoms with Crippen LogP contribution < -0.4 is 11.1 Å². The van der Waals surface area contributed by atoms with Crippen molar-refractivity contribution in [2.24, 2.45) is 11.7 Å². The largest absolute Gasteiger partial charge is 0.381 e. The van der Waals surface area contributed by atoms with Crippen LogP contribution >= 0.6 is 15.9 Å². The molecule has 0 bridgehead atoms. The van der Waals surface area contributed by atoms with Crippen LogP contribution in [0, 0.1) is 5.92 Å². The summed E-state index contributed by atoms with van der Waals surface area (Å²) in [5.74, 6) is 0.0624. The SMILES string of the molecule is CC(C)[C@H](N)C(=O)NCC1(c2cccc(Br)c2)CCOCC1. The van der Waals surface area contributed by atoms with E-state index in [-0.39, 0.29) is 17.2 Å². The number of benzene rings is 1. The molecule has 1 atom stereocenters. The van der Waals surface area contributed by atoms with Crippen molar-refractivity contribution in [2.75, 3.05) is 19.8 Å². The molecule has 4 nitrogen and oxygen atoms in total. The second kappa shape index (κ2) is 7.57. The summed E-state index contributed by atoms with van der Waals surface area (Å²) < 4.78 is 6.58. The van der Waals surface area contributed by atoms with E-state index in [9.17, 15) is 4.79 Å². The third-order valence-corrected chi connectivity index (χ3v) is 5.00. The number of ether oxygens (including phenoxy) is 1. The van der Waals surface area contributed by atoms with Gasteiger partial charge in [-0.1, -0.05) is 41.9 Å². The molecule has 22 heavy (non-hydrogen) atoms. The van der Waals surface area contributed by atoms with Crippen LogP contribution in [0.15, 0.2) is 28.7 Å². The molecule has 1 heterocycles. The molecule has 1 aromatic rings. The third-order valence-electron chi connectivity index (χ3n) is 4.51. The van der Waals surface area contributed by atoms with E-state index in [2.05, 4.69) is 33.4 Å². The van der Waals surface area contributed by atoms with Gasteiger partial charge in [0.2, 0.25) is 5.91 Å². The molecule has 1 amide bonds. The van der Waals surface area contributed by atoms with Gasteiger partial charge in [0.25, 0.3) is 0 Å². The highest BCUT2D eigenvalue weighted by molar-refractivity contribution is 9.10. The van der Waals surface area contributed by atoms with Crippen LogP contribution in [0.4, 0.5) is 0 Å². The normalized spacial score (nSPS) is 19.0. The molecule has 0 radical (unpaired) electrons. The molecule has 1 saturated heterocycles. The van der Waals surface area contributed by atoms with Crippen molar-refractivity contribution < 1.29 is 9.53 Å². The van der Waals surface area contributed by atoms with Gasteiger partial charge in [0.15, 0.2) is 0 Å². The van der Waals surface area contributed by atoms with Gasteiger partial charge in [0, 0.05) is 29.6 Å². The number of nitrogens with two attached hydrogens (primary N) is 1. The van der Waals surface area contributed by atoms with Gasteiger partial charge in [-0.25, -0.2) is 0 Å². The molecule has 1 aromatic carbocycles. The molecule has 3 N–H and O–H groups in total. The summed E-state index contributed by atoms with van der Waals surface area (Å²) in [6.07, 6.45) is 1.81. The lowest BCUT2D eigenvalue weighted by Gasteiger charge is -2.38. The van der Waals surface area contributed by atoms with E-state index in [4.69, 9.17) is 10.5 Å². The van der Waals surface area contributed by atoms with E-state index in [0.29, 0.717) is 6.54 Å². The number of rotatable bonds is 5. The van der Waals surface area contributed by atoms with Crippen molar-refractivity contribution in [1.82, 2.24) is 5.32 Å². The Labute approximate surface area is 140 Å². The van der Waals surface area contributed by atoms with Crippen molar-refractivity contribution in [3.63, 3.8) is 0 Å². The molecular weight excluding hydrogens is 344 g/mol. The first kappa shape index (κ1) is 17.4. The van der Waals surface area contributed by atoms with E-state index >= 15 is 0 Å². The molecule has 0 spiro atoms. The van der Waals surface area contributed by atoms with Gasteiger partial charge >= 0.3 is 0 Å². The molecule has 0 unspecified atom stereocenters. The Balaban J connectivity index is 2.15. The molecule has 0 aliphatic carbocycles. The van der Waals surface area contributed by atoms with E-state index in [1.54, 1.807) is 0 Å².